The molecular formula is C19H19N3O3S. The molecule has 0 fully saturated rings. The van der Waals surface area contributed by atoms with Gasteiger partial charge in [-0.1, -0.05) is 0 Å². The minimum atomic E-state index is 0.562. The van der Waals surface area contributed by atoms with Crippen molar-refractivity contribution in [3.63, 3.8) is 0 Å². The van der Waals surface area contributed by atoms with Gasteiger partial charge in [-0.25, -0.2) is 4.68 Å². The predicted octanol–water partition coefficient (Wildman–Crippen LogP) is 3.69. The van der Waals surface area contributed by atoms with Crippen LogP contribution in [0.1, 0.15) is 18.4 Å². The lowest BCUT2D eigenvalue weighted by atomic mass is 10.1. The second-order valence-electron chi connectivity index (χ2n) is 5.74. The summed E-state index contributed by atoms with van der Waals surface area (Å²) < 4.78 is 18.7. The van der Waals surface area contributed by atoms with Crippen LogP contribution in [0.15, 0.2) is 50.2 Å². The van der Waals surface area contributed by atoms with Crippen LogP contribution < -0.4 is 14.3 Å². The van der Waals surface area contributed by atoms with Gasteiger partial charge in [0.15, 0.2) is 11.5 Å². The van der Waals surface area contributed by atoms with E-state index in [9.17, 15) is 0 Å². The summed E-state index contributed by atoms with van der Waals surface area (Å²) in [7, 11) is 0. The smallest absolute Gasteiger partial charge is 0.206 e. The summed E-state index contributed by atoms with van der Waals surface area (Å²) in [6, 6.07) is 9.73. The van der Waals surface area contributed by atoms with E-state index in [4.69, 9.17) is 13.9 Å². The third kappa shape index (κ3) is 3.30. The number of hydrogen-bond acceptors (Lipinski definition) is 6. The maximum Gasteiger partial charge on any atom is 0.206 e. The Hall–Kier alpha value is -2.80. The number of furan rings is 1. The van der Waals surface area contributed by atoms with E-state index in [-0.39, 0.29) is 0 Å². The first-order valence-electron chi connectivity index (χ1n) is 8.46. The van der Waals surface area contributed by atoms with Gasteiger partial charge < -0.3 is 13.9 Å². The normalized spacial score (nSPS) is 14.3. The van der Waals surface area contributed by atoms with Crippen LogP contribution in [-0.2, 0) is 0 Å². The molecule has 6 nitrogen and oxygen atoms in total. The average molecular weight is 369 g/mol. The topological polar surface area (TPSA) is 61.2 Å². The first-order valence-corrected chi connectivity index (χ1v) is 9.34. The van der Waals surface area contributed by atoms with E-state index in [2.05, 4.69) is 10.1 Å². The van der Waals surface area contributed by atoms with Crippen molar-refractivity contribution in [3.8, 4) is 22.8 Å². The van der Waals surface area contributed by atoms with Crippen LogP contribution in [0.4, 0.5) is 0 Å². The fourth-order valence-corrected chi connectivity index (χ4v) is 3.59. The average Bonchev–Trinajstić information content (AvgIpc) is 3.26. The summed E-state index contributed by atoms with van der Waals surface area (Å²) in [5, 5.41) is 6.65. The quantitative estimate of drug-likeness (QED) is 0.659. The molecule has 2 aromatic heterocycles. The summed E-state index contributed by atoms with van der Waals surface area (Å²) in [4.78, 5) is 5.37. The number of hydrogen-bond donors (Lipinski definition) is 0. The van der Waals surface area contributed by atoms with Crippen molar-refractivity contribution in [1.29, 1.82) is 0 Å². The van der Waals surface area contributed by atoms with Crippen molar-refractivity contribution in [2.45, 2.75) is 13.8 Å². The van der Waals surface area contributed by atoms with Crippen LogP contribution in [0.5, 0.6) is 11.5 Å². The molecule has 7 heteroatoms. The molecule has 0 N–H and O–H groups in total. The zero-order valence-corrected chi connectivity index (χ0v) is 15.5. The van der Waals surface area contributed by atoms with Crippen LogP contribution >= 0.6 is 11.3 Å². The molecule has 0 atom stereocenters. The molecule has 134 valence electrons. The second kappa shape index (κ2) is 7.21. The number of nitrogens with zero attached hydrogens (tertiary/aromatic N) is 3. The summed E-state index contributed by atoms with van der Waals surface area (Å²) in [6.45, 7) is 5.75. The maximum atomic E-state index is 5.70. The molecule has 0 amide bonds. The summed E-state index contributed by atoms with van der Waals surface area (Å²) in [5.74, 6) is 3.09. The first kappa shape index (κ1) is 16.7. The molecule has 0 aliphatic carbocycles. The van der Waals surface area contributed by atoms with E-state index in [1.165, 1.54) is 0 Å². The molecule has 0 saturated carbocycles. The zero-order valence-electron chi connectivity index (χ0n) is 14.6. The van der Waals surface area contributed by atoms with Crippen molar-refractivity contribution in [2.75, 3.05) is 19.8 Å². The Kier molecular flexibility index (Phi) is 4.62. The van der Waals surface area contributed by atoms with E-state index in [0.29, 0.717) is 25.5 Å². The van der Waals surface area contributed by atoms with Crippen LogP contribution in [0, 0.1) is 6.92 Å². The monoisotopic (exact) mass is 369 g/mol. The van der Waals surface area contributed by atoms with Gasteiger partial charge in [0.1, 0.15) is 24.7 Å². The Morgan fingerprint density at radius 2 is 2.00 bits per heavy atom. The molecule has 1 aliphatic heterocycles. The Balaban J connectivity index is 1.77. The molecule has 0 unspecified atom stereocenters. The minimum absolute atomic E-state index is 0.562. The number of benzene rings is 1. The molecule has 1 aromatic carbocycles. The molecule has 0 saturated heterocycles. The Morgan fingerprint density at radius 1 is 1.15 bits per heavy atom. The van der Waals surface area contributed by atoms with E-state index in [0.717, 1.165) is 33.3 Å². The van der Waals surface area contributed by atoms with Gasteiger partial charge in [-0.05, 0) is 44.2 Å². The lowest BCUT2D eigenvalue weighted by Crippen LogP contribution is -2.15. The number of thiazole rings is 1. The Morgan fingerprint density at radius 3 is 2.77 bits per heavy atom. The number of ether oxygens (including phenoxy) is 2. The highest BCUT2D eigenvalue weighted by Crippen LogP contribution is 2.34. The molecule has 3 aromatic rings. The van der Waals surface area contributed by atoms with Crippen molar-refractivity contribution >= 4 is 17.6 Å². The fourth-order valence-electron chi connectivity index (χ4n) is 2.69. The summed E-state index contributed by atoms with van der Waals surface area (Å²) in [6.07, 6.45) is 1.70. The van der Waals surface area contributed by atoms with Gasteiger partial charge in [0.05, 0.1) is 11.9 Å². The fraction of sp³-hybridized carbons (Fsp3) is 0.263. The summed E-state index contributed by atoms with van der Waals surface area (Å²) >= 11 is 1.55. The zero-order chi connectivity index (χ0) is 17.9. The van der Waals surface area contributed by atoms with Crippen molar-refractivity contribution in [3.05, 3.63) is 52.0 Å². The van der Waals surface area contributed by atoms with E-state index >= 15 is 0 Å². The largest absolute Gasteiger partial charge is 0.486 e. The van der Waals surface area contributed by atoms with Gasteiger partial charge in [-0.2, -0.15) is 5.10 Å². The van der Waals surface area contributed by atoms with Gasteiger partial charge >= 0.3 is 0 Å². The summed E-state index contributed by atoms with van der Waals surface area (Å²) in [5.41, 5.74) is 1.94. The molecule has 0 radical (unpaired) electrons. The second-order valence-corrected chi connectivity index (χ2v) is 6.58. The van der Waals surface area contributed by atoms with Crippen molar-refractivity contribution in [1.82, 2.24) is 4.68 Å². The molecule has 3 heterocycles. The SMILES string of the molecule is CCN=c1scc(-c2ccc3c(c2)OCCO3)n1/N=C\c1ccc(C)o1. The number of aryl methyl sites for hydroxylation is 1. The molecule has 4 rings (SSSR count). The third-order valence-corrected chi connectivity index (χ3v) is 4.73. The highest BCUT2D eigenvalue weighted by molar-refractivity contribution is 7.07. The number of rotatable bonds is 4. The minimum Gasteiger partial charge on any atom is -0.486 e. The van der Waals surface area contributed by atoms with E-state index < -0.39 is 0 Å². The van der Waals surface area contributed by atoms with Gasteiger partial charge in [-0.3, -0.25) is 4.99 Å². The molecule has 26 heavy (non-hydrogen) atoms. The number of fused-ring (bicyclic) bond motifs is 1. The van der Waals surface area contributed by atoms with Crippen LogP contribution in [-0.4, -0.2) is 30.6 Å². The van der Waals surface area contributed by atoms with Gasteiger partial charge in [0, 0.05) is 17.5 Å². The Labute approximate surface area is 155 Å². The van der Waals surface area contributed by atoms with Gasteiger partial charge in [0.2, 0.25) is 4.80 Å². The van der Waals surface area contributed by atoms with Gasteiger partial charge in [-0.15, -0.1) is 11.3 Å². The first-order chi connectivity index (χ1) is 12.7. The Bertz CT molecular complexity index is 1010. The maximum absolute atomic E-state index is 5.70. The molecule has 0 bridgehead atoms. The molecule has 0 spiro atoms. The highest BCUT2D eigenvalue weighted by atomic mass is 32.1. The van der Waals surface area contributed by atoms with Crippen LogP contribution in [0.25, 0.3) is 11.3 Å². The van der Waals surface area contributed by atoms with E-state index in [1.807, 2.05) is 54.2 Å². The molecule has 1 aliphatic rings. The highest BCUT2D eigenvalue weighted by Gasteiger charge is 2.15. The lowest BCUT2D eigenvalue weighted by molar-refractivity contribution is 0.171. The number of aromatic nitrogens is 1. The molecular weight excluding hydrogens is 350 g/mol. The third-order valence-electron chi connectivity index (χ3n) is 3.88. The van der Waals surface area contributed by atoms with Gasteiger partial charge in [0.25, 0.3) is 0 Å². The predicted molar refractivity (Wildman–Crippen MR) is 101 cm³/mol. The van der Waals surface area contributed by atoms with Crippen molar-refractivity contribution in [2.24, 2.45) is 10.1 Å². The standard InChI is InChI=1S/C19H19N3O3S/c1-3-20-19-22(21-11-15-6-4-13(2)25-15)16(12-26-19)14-5-7-17-18(10-14)24-9-8-23-17/h4-7,10-12H,3,8-9H2,1-2H3/b20-19?,21-11-. The van der Waals surface area contributed by atoms with Crippen LogP contribution in [0.3, 0.4) is 0 Å². The van der Waals surface area contributed by atoms with Crippen molar-refractivity contribution < 1.29 is 13.9 Å². The lowest BCUT2D eigenvalue weighted by Gasteiger charge is -2.18. The van der Waals surface area contributed by atoms with Crippen LogP contribution in [0.2, 0.25) is 0 Å². The van der Waals surface area contributed by atoms with E-state index in [1.54, 1.807) is 17.6 Å².